The predicted octanol–water partition coefficient (Wildman–Crippen LogP) is 1.08. The van der Waals surface area contributed by atoms with Crippen molar-refractivity contribution in [1.29, 1.82) is 0 Å². The second kappa shape index (κ2) is 3.32. The lowest BCUT2D eigenvalue weighted by atomic mass is 9.84. The van der Waals surface area contributed by atoms with E-state index in [4.69, 9.17) is 0 Å². The van der Waals surface area contributed by atoms with E-state index in [-0.39, 0.29) is 11.7 Å². The highest BCUT2D eigenvalue weighted by Gasteiger charge is 2.69. The maximum atomic E-state index is 12.2. The van der Waals surface area contributed by atoms with E-state index in [1.165, 1.54) is 12.4 Å². The molecule has 0 aliphatic carbocycles. The Labute approximate surface area is 99.2 Å². The van der Waals surface area contributed by atoms with E-state index >= 15 is 0 Å². The molecule has 0 atom stereocenters. The number of hydroxylamine groups is 1. The number of hydrogen-bond donors (Lipinski definition) is 0. The SMILES string of the molecule is CC1(C)[N+](=O)C(c2ncccn2)=[N+]([O-])C1(C)C. The molecule has 0 radical (unpaired) electrons. The van der Waals surface area contributed by atoms with Crippen LogP contribution in [0.3, 0.4) is 0 Å². The van der Waals surface area contributed by atoms with Crippen LogP contribution < -0.4 is 0 Å². The number of amidine groups is 1. The first kappa shape index (κ1) is 11.6. The fraction of sp³-hybridized carbons (Fsp3) is 0.545. The zero-order chi connectivity index (χ0) is 12.8. The molecule has 1 aliphatic heterocycles. The van der Waals surface area contributed by atoms with Crippen LogP contribution in [0.5, 0.6) is 0 Å². The molecule has 0 spiro atoms. The Kier molecular flexibility index (Phi) is 2.27. The fourth-order valence-corrected chi connectivity index (χ4v) is 1.71. The first-order valence-corrected chi connectivity index (χ1v) is 5.39. The Morgan fingerprint density at radius 1 is 1.12 bits per heavy atom. The summed E-state index contributed by atoms with van der Waals surface area (Å²) in [5.74, 6) is 0.136. The molecule has 0 amide bonds. The van der Waals surface area contributed by atoms with Gasteiger partial charge in [-0.05, 0) is 6.07 Å². The fourth-order valence-electron chi connectivity index (χ4n) is 1.71. The molecule has 1 aromatic rings. The van der Waals surface area contributed by atoms with Gasteiger partial charge in [-0.2, -0.15) is 0 Å². The van der Waals surface area contributed by atoms with Crippen molar-refractivity contribution in [2.75, 3.05) is 0 Å². The third-order valence-electron chi connectivity index (χ3n) is 3.66. The van der Waals surface area contributed by atoms with E-state index in [9.17, 15) is 10.1 Å². The minimum atomic E-state index is -0.830. The zero-order valence-corrected chi connectivity index (χ0v) is 10.3. The monoisotopic (exact) mass is 235 g/mol. The largest absolute Gasteiger partial charge is 0.618 e. The molecule has 0 saturated carbocycles. The zero-order valence-electron chi connectivity index (χ0n) is 10.3. The molecule has 1 aromatic heterocycles. The molecular formula is C11H15N4O2+. The number of aromatic nitrogens is 2. The maximum absolute atomic E-state index is 12.2. The van der Waals surface area contributed by atoms with Gasteiger partial charge in [0, 0.05) is 45.0 Å². The number of rotatable bonds is 1. The average Bonchev–Trinajstić information content (AvgIpc) is 2.40. The van der Waals surface area contributed by atoms with E-state index in [2.05, 4.69) is 9.97 Å². The van der Waals surface area contributed by atoms with E-state index in [0.29, 0.717) is 9.50 Å². The van der Waals surface area contributed by atoms with Crippen LogP contribution in [-0.4, -0.2) is 36.4 Å². The second-order valence-electron chi connectivity index (χ2n) is 5.10. The molecule has 0 saturated heterocycles. The molecule has 2 rings (SSSR count). The highest BCUT2D eigenvalue weighted by molar-refractivity contribution is 5.85. The summed E-state index contributed by atoms with van der Waals surface area (Å²) in [5, 5.41) is 12.2. The van der Waals surface area contributed by atoms with Crippen LogP contribution in [0.2, 0.25) is 0 Å². The minimum absolute atomic E-state index is 0.0272. The van der Waals surface area contributed by atoms with Crippen LogP contribution in [0, 0.1) is 10.1 Å². The lowest BCUT2D eigenvalue weighted by Crippen LogP contribution is -2.50. The highest BCUT2D eigenvalue weighted by atomic mass is 16.5. The molecule has 0 unspecified atom stereocenters. The number of hydrogen-bond acceptors (Lipinski definition) is 4. The van der Waals surface area contributed by atoms with Crippen molar-refractivity contribution in [2.24, 2.45) is 0 Å². The van der Waals surface area contributed by atoms with Crippen molar-refractivity contribution in [2.45, 2.75) is 38.8 Å². The molecule has 6 nitrogen and oxygen atoms in total. The van der Waals surface area contributed by atoms with Crippen molar-refractivity contribution in [1.82, 2.24) is 9.97 Å². The standard InChI is InChI=1S/C11H15N4O2/c1-10(2)11(3,4)15(17)9(14(10)16)8-12-6-5-7-13-8/h5-7H,1-4H3/q+1. The van der Waals surface area contributed by atoms with Gasteiger partial charge in [-0.1, -0.05) is 0 Å². The smallest absolute Gasteiger partial charge is 0.542 e. The van der Waals surface area contributed by atoms with Crippen molar-refractivity contribution in [3.63, 3.8) is 0 Å². The Balaban J connectivity index is 2.64. The van der Waals surface area contributed by atoms with E-state index in [0.717, 1.165) is 0 Å². The van der Waals surface area contributed by atoms with Crippen molar-refractivity contribution < 1.29 is 9.50 Å². The van der Waals surface area contributed by atoms with Gasteiger partial charge in [-0.3, -0.25) is 0 Å². The van der Waals surface area contributed by atoms with Gasteiger partial charge >= 0.3 is 11.7 Å². The van der Waals surface area contributed by atoms with Crippen molar-refractivity contribution in [3.8, 4) is 0 Å². The molecule has 0 fully saturated rings. The number of nitrogens with zero attached hydrogens (tertiary/aromatic N) is 4. The first-order valence-electron chi connectivity index (χ1n) is 5.39. The van der Waals surface area contributed by atoms with Gasteiger partial charge in [0.25, 0.3) is 5.54 Å². The van der Waals surface area contributed by atoms with E-state index in [1.807, 2.05) is 0 Å². The molecule has 1 aliphatic rings. The maximum Gasteiger partial charge on any atom is 0.542 e. The topological polar surface area (TPSA) is 71.9 Å². The molecule has 90 valence electrons. The van der Waals surface area contributed by atoms with Gasteiger partial charge < -0.3 is 5.21 Å². The van der Waals surface area contributed by atoms with Crippen LogP contribution in [-0.2, 0) is 0 Å². The lowest BCUT2D eigenvalue weighted by Gasteiger charge is -2.22. The summed E-state index contributed by atoms with van der Waals surface area (Å²) in [6.07, 6.45) is 3.02. The molecule has 17 heavy (non-hydrogen) atoms. The summed E-state index contributed by atoms with van der Waals surface area (Å²) < 4.78 is 1.41. The quantitative estimate of drug-likeness (QED) is 0.539. The van der Waals surface area contributed by atoms with E-state index in [1.54, 1.807) is 33.8 Å². The van der Waals surface area contributed by atoms with Crippen LogP contribution >= 0.6 is 0 Å². The average molecular weight is 235 g/mol. The predicted molar refractivity (Wildman–Crippen MR) is 61.6 cm³/mol. The first-order chi connectivity index (χ1) is 7.80. The van der Waals surface area contributed by atoms with Gasteiger partial charge in [-0.25, -0.2) is 9.97 Å². The Hall–Kier alpha value is -1.85. The van der Waals surface area contributed by atoms with E-state index < -0.39 is 11.1 Å². The van der Waals surface area contributed by atoms with Crippen LogP contribution in [0.15, 0.2) is 18.5 Å². The third kappa shape index (κ3) is 1.36. The Morgan fingerprint density at radius 2 is 1.65 bits per heavy atom. The molecule has 0 bridgehead atoms. The van der Waals surface area contributed by atoms with Gasteiger partial charge in [0.1, 0.15) is 4.76 Å². The van der Waals surface area contributed by atoms with Crippen molar-refractivity contribution >= 4 is 5.84 Å². The lowest BCUT2D eigenvalue weighted by molar-refractivity contribution is -0.555. The van der Waals surface area contributed by atoms with Gasteiger partial charge in [0.2, 0.25) is 5.54 Å². The third-order valence-corrected chi connectivity index (χ3v) is 3.66. The Morgan fingerprint density at radius 3 is 2.06 bits per heavy atom. The van der Waals surface area contributed by atoms with Gasteiger partial charge in [0.05, 0.1) is 0 Å². The minimum Gasteiger partial charge on any atom is -0.618 e. The van der Waals surface area contributed by atoms with Crippen LogP contribution in [0.4, 0.5) is 0 Å². The summed E-state index contributed by atoms with van der Waals surface area (Å²) in [6, 6.07) is 1.64. The molecule has 2 heterocycles. The summed E-state index contributed by atoms with van der Waals surface area (Å²) in [7, 11) is 0. The van der Waals surface area contributed by atoms with Crippen LogP contribution in [0.25, 0.3) is 0 Å². The van der Waals surface area contributed by atoms with Gasteiger partial charge in [-0.15, -0.1) is 4.74 Å². The summed E-state index contributed by atoms with van der Waals surface area (Å²) >= 11 is 0. The number of nitroso groups, excluding NO2 is 1. The molecule has 0 N–H and O–H groups in total. The van der Waals surface area contributed by atoms with Crippen LogP contribution in [0.1, 0.15) is 33.5 Å². The summed E-state index contributed by atoms with van der Waals surface area (Å²) in [4.78, 5) is 20.1. The highest BCUT2D eigenvalue weighted by Crippen LogP contribution is 2.34. The summed E-state index contributed by atoms with van der Waals surface area (Å²) in [5.41, 5.74) is -1.66. The molecule has 6 heteroatoms. The normalized spacial score (nSPS) is 22.0. The molecular weight excluding hydrogens is 220 g/mol. The van der Waals surface area contributed by atoms with Gasteiger partial charge in [0.15, 0.2) is 0 Å². The Bertz CT molecular complexity index is 505. The molecule has 0 aromatic carbocycles. The second-order valence-corrected chi connectivity index (χ2v) is 5.10. The summed E-state index contributed by atoms with van der Waals surface area (Å²) in [6.45, 7) is 6.95. The van der Waals surface area contributed by atoms with Crippen molar-refractivity contribution in [3.05, 3.63) is 34.4 Å².